The van der Waals surface area contributed by atoms with Gasteiger partial charge in [0.2, 0.25) is 0 Å². The van der Waals surface area contributed by atoms with Crippen molar-refractivity contribution in [3.05, 3.63) is 30.1 Å². The predicted molar refractivity (Wildman–Crippen MR) is 71.9 cm³/mol. The number of nitrogens with zero attached hydrogens (tertiary/aromatic N) is 1. The van der Waals surface area contributed by atoms with Crippen LogP contribution in [0.3, 0.4) is 0 Å². The molecule has 2 nitrogen and oxygen atoms in total. The minimum Gasteiger partial charge on any atom is -0.307 e. The summed E-state index contributed by atoms with van der Waals surface area (Å²) in [6.07, 6.45) is 13.5. The van der Waals surface area contributed by atoms with Crippen molar-refractivity contribution in [3.8, 4) is 0 Å². The second kappa shape index (κ2) is 6.75. The third-order valence-electron chi connectivity index (χ3n) is 3.80. The zero-order valence-corrected chi connectivity index (χ0v) is 10.9. The van der Waals surface area contributed by atoms with E-state index in [2.05, 4.69) is 29.4 Å². The Morgan fingerprint density at radius 3 is 2.29 bits per heavy atom. The Morgan fingerprint density at radius 2 is 1.65 bits per heavy atom. The number of hydrogen-bond donors (Lipinski definition) is 1. The summed E-state index contributed by atoms with van der Waals surface area (Å²) in [7, 11) is 0. The Kier molecular flexibility index (Phi) is 4.99. The Labute approximate surface area is 105 Å². The van der Waals surface area contributed by atoms with Crippen LogP contribution in [0.15, 0.2) is 24.5 Å². The van der Waals surface area contributed by atoms with E-state index in [0.29, 0.717) is 12.1 Å². The standard InChI is InChI=1S/C15H24N2/c1-13(14-9-11-16-12-10-14)17-15-7-5-3-2-4-6-8-15/h9-13,15,17H,2-8H2,1H3/t13-/m0/s1. The van der Waals surface area contributed by atoms with Gasteiger partial charge in [0.05, 0.1) is 0 Å². The molecule has 2 heteroatoms. The van der Waals surface area contributed by atoms with Gasteiger partial charge in [-0.15, -0.1) is 0 Å². The van der Waals surface area contributed by atoms with E-state index in [1.54, 1.807) is 0 Å². The molecule has 0 aliphatic heterocycles. The smallest absolute Gasteiger partial charge is 0.0295 e. The van der Waals surface area contributed by atoms with Gasteiger partial charge in [0.1, 0.15) is 0 Å². The molecule has 0 radical (unpaired) electrons. The van der Waals surface area contributed by atoms with Crippen LogP contribution in [0.1, 0.15) is 63.5 Å². The topological polar surface area (TPSA) is 24.9 Å². The molecule has 0 amide bonds. The van der Waals surface area contributed by atoms with Crippen molar-refractivity contribution in [2.24, 2.45) is 0 Å². The highest BCUT2D eigenvalue weighted by atomic mass is 14.9. The maximum absolute atomic E-state index is 4.07. The van der Waals surface area contributed by atoms with Crippen molar-refractivity contribution in [3.63, 3.8) is 0 Å². The molecular weight excluding hydrogens is 208 g/mol. The van der Waals surface area contributed by atoms with E-state index in [4.69, 9.17) is 0 Å². The molecule has 1 aromatic rings. The van der Waals surface area contributed by atoms with Crippen LogP contribution >= 0.6 is 0 Å². The zero-order chi connectivity index (χ0) is 11.9. The predicted octanol–water partition coefficient (Wildman–Crippen LogP) is 3.85. The summed E-state index contributed by atoms with van der Waals surface area (Å²) in [5.74, 6) is 0. The van der Waals surface area contributed by atoms with Crippen molar-refractivity contribution in [2.45, 2.75) is 64.0 Å². The minimum absolute atomic E-state index is 0.447. The van der Waals surface area contributed by atoms with Crippen molar-refractivity contribution in [1.29, 1.82) is 0 Å². The van der Waals surface area contributed by atoms with Gasteiger partial charge in [0, 0.05) is 24.5 Å². The van der Waals surface area contributed by atoms with Crippen molar-refractivity contribution >= 4 is 0 Å². The van der Waals surface area contributed by atoms with E-state index >= 15 is 0 Å². The molecule has 2 rings (SSSR count). The molecule has 1 atom stereocenters. The SMILES string of the molecule is C[C@H](NC1CCCCCCC1)c1ccncc1. The summed E-state index contributed by atoms with van der Waals surface area (Å²) in [5, 5.41) is 3.78. The third kappa shape index (κ3) is 4.12. The molecule has 1 saturated carbocycles. The van der Waals surface area contributed by atoms with Crippen molar-refractivity contribution < 1.29 is 0 Å². The summed E-state index contributed by atoms with van der Waals surface area (Å²) >= 11 is 0. The van der Waals surface area contributed by atoms with Crippen LogP contribution in [0.5, 0.6) is 0 Å². The van der Waals surface area contributed by atoms with Gasteiger partial charge >= 0.3 is 0 Å². The Morgan fingerprint density at radius 1 is 1.06 bits per heavy atom. The van der Waals surface area contributed by atoms with Gasteiger partial charge in [0.15, 0.2) is 0 Å². The van der Waals surface area contributed by atoms with Gasteiger partial charge in [-0.2, -0.15) is 0 Å². The average molecular weight is 232 g/mol. The molecule has 1 aromatic heterocycles. The number of rotatable bonds is 3. The normalized spacial score (nSPS) is 20.5. The van der Waals surface area contributed by atoms with Crippen LogP contribution < -0.4 is 5.32 Å². The van der Waals surface area contributed by atoms with Crippen LogP contribution in [0.2, 0.25) is 0 Å². The zero-order valence-electron chi connectivity index (χ0n) is 10.9. The summed E-state index contributed by atoms with van der Waals surface area (Å²) in [4.78, 5) is 4.07. The largest absolute Gasteiger partial charge is 0.307 e. The van der Waals surface area contributed by atoms with Crippen LogP contribution in [0.25, 0.3) is 0 Å². The first kappa shape index (κ1) is 12.6. The number of nitrogens with one attached hydrogen (secondary N) is 1. The Bertz CT molecular complexity index is 302. The molecular formula is C15H24N2. The highest BCUT2D eigenvalue weighted by molar-refractivity contribution is 5.14. The molecule has 0 saturated heterocycles. The summed E-state index contributed by atoms with van der Waals surface area (Å²) in [6.45, 7) is 2.26. The van der Waals surface area contributed by atoms with E-state index in [-0.39, 0.29) is 0 Å². The first-order valence-electron chi connectivity index (χ1n) is 7.02. The lowest BCUT2D eigenvalue weighted by Gasteiger charge is -2.25. The molecule has 0 spiro atoms. The average Bonchev–Trinajstić information content (AvgIpc) is 2.33. The second-order valence-corrected chi connectivity index (χ2v) is 5.21. The lowest BCUT2D eigenvalue weighted by Crippen LogP contribution is -2.32. The number of aromatic nitrogens is 1. The minimum atomic E-state index is 0.447. The fourth-order valence-corrected chi connectivity index (χ4v) is 2.72. The molecule has 1 aliphatic carbocycles. The molecule has 0 unspecified atom stereocenters. The monoisotopic (exact) mass is 232 g/mol. The Balaban J connectivity index is 1.86. The molecule has 0 aromatic carbocycles. The van der Waals surface area contributed by atoms with Gasteiger partial charge in [-0.3, -0.25) is 4.98 Å². The van der Waals surface area contributed by atoms with Gasteiger partial charge in [-0.25, -0.2) is 0 Å². The Hall–Kier alpha value is -0.890. The van der Waals surface area contributed by atoms with Crippen LogP contribution in [-0.4, -0.2) is 11.0 Å². The van der Waals surface area contributed by atoms with Crippen LogP contribution in [0, 0.1) is 0 Å². The molecule has 94 valence electrons. The maximum atomic E-state index is 4.07. The highest BCUT2D eigenvalue weighted by Gasteiger charge is 2.14. The van der Waals surface area contributed by atoms with E-state index in [1.807, 2.05) is 12.4 Å². The van der Waals surface area contributed by atoms with Crippen LogP contribution in [0.4, 0.5) is 0 Å². The molecule has 1 aliphatic rings. The lowest BCUT2D eigenvalue weighted by atomic mass is 9.95. The number of hydrogen-bond acceptors (Lipinski definition) is 2. The second-order valence-electron chi connectivity index (χ2n) is 5.21. The number of pyridine rings is 1. The van der Waals surface area contributed by atoms with Crippen molar-refractivity contribution in [2.75, 3.05) is 0 Å². The van der Waals surface area contributed by atoms with Crippen molar-refractivity contribution in [1.82, 2.24) is 10.3 Å². The molecule has 0 bridgehead atoms. The third-order valence-corrected chi connectivity index (χ3v) is 3.80. The van der Waals surface area contributed by atoms with Gasteiger partial charge in [-0.1, -0.05) is 32.1 Å². The summed E-state index contributed by atoms with van der Waals surface area (Å²) < 4.78 is 0. The molecule has 1 heterocycles. The lowest BCUT2D eigenvalue weighted by molar-refractivity contribution is 0.362. The van der Waals surface area contributed by atoms with E-state index < -0.39 is 0 Å². The maximum Gasteiger partial charge on any atom is 0.0295 e. The van der Waals surface area contributed by atoms with Gasteiger partial charge in [-0.05, 0) is 37.5 Å². The fourth-order valence-electron chi connectivity index (χ4n) is 2.72. The quantitative estimate of drug-likeness (QED) is 0.856. The molecule has 1 fully saturated rings. The first-order chi connectivity index (χ1) is 8.36. The van der Waals surface area contributed by atoms with E-state index in [1.165, 1.54) is 50.5 Å². The summed E-state index contributed by atoms with van der Waals surface area (Å²) in [6, 6.07) is 5.38. The fraction of sp³-hybridized carbons (Fsp3) is 0.667. The first-order valence-corrected chi connectivity index (χ1v) is 7.02. The molecule has 17 heavy (non-hydrogen) atoms. The summed E-state index contributed by atoms with van der Waals surface area (Å²) in [5.41, 5.74) is 1.35. The van der Waals surface area contributed by atoms with E-state index in [9.17, 15) is 0 Å². The highest BCUT2D eigenvalue weighted by Crippen LogP contribution is 2.20. The van der Waals surface area contributed by atoms with Gasteiger partial charge < -0.3 is 5.32 Å². The van der Waals surface area contributed by atoms with E-state index in [0.717, 1.165) is 0 Å². The molecule has 1 N–H and O–H groups in total. The van der Waals surface area contributed by atoms with Crippen LogP contribution in [-0.2, 0) is 0 Å². The van der Waals surface area contributed by atoms with Gasteiger partial charge in [0.25, 0.3) is 0 Å².